The van der Waals surface area contributed by atoms with E-state index in [0.29, 0.717) is 36.5 Å². The van der Waals surface area contributed by atoms with Gasteiger partial charge in [-0.2, -0.15) is 0 Å². The highest BCUT2D eigenvalue weighted by Crippen LogP contribution is 2.35. The standard InChI is InChI=1S/C30H30N6O3/c1-17-15-19(30(38)39)12-14-36(17)20-10-11-24-25(16-20)34-28(33-24)26-27(32-18(2)22-8-5-6-13-31-22)21-7-3-4-9-23(21)35-29(26)37/h3-11,13,16-19H,12,14-15H2,1-2H3,(H,33,34)(H,38,39)(H2,32,35,37). The third-order valence-electron chi connectivity index (χ3n) is 7.67. The molecule has 0 saturated carbocycles. The van der Waals surface area contributed by atoms with E-state index in [2.05, 4.69) is 32.1 Å². The number of carboxylic acids is 1. The fourth-order valence-electron chi connectivity index (χ4n) is 5.62. The zero-order chi connectivity index (χ0) is 27.1. The van der Waals surface area contributed by atoms with Crippen molar-refractivity contribution in [2.75, 3.05) is 16.8 Å². The van der Waals surface area contributed by atoms with Crippen LogP contribution in [0.1, 0.15) is 38.4 Å². The molecule has 0 aliphatic carbocycles. The van der Waals surface area contributed by atoms with Gasteiger partial charge in [0.05, 0.1) is 39.9 Å². The van der Waals surface area contributed by atoms with E-state index >= 15 is 0 Å². The minimum atomic E-state index is -0.724. The van der Waals surface area contributed by atoms with Crippen LogP contribution >= 0.6 is 0 Å². The van der Waals surface area contributed by atoms with Crippen LogP contribution in [-0.4, -0.2) is 43.6 Å². The van der Waals surface area contributed by atoms with Gasteiger partial charge in [0, 0.05) is 29.9 Å². The number of H-pyrrole nitrogens is 2. The van der Waals surface area contributed by atoms with Crippen molar-refractivity contribution >= 4 is 39.3 Å². The van der Waals surface area contributed by atoms with Crippen LogP contribution in [0.5, 0.6) is 0 Å². The van der Waals surface area contributed by atoms with E-state index in [1.54, 1.807) is 6.20 Å². The molecule has 3 atom stereocenters. The number of para-hydroxylation sites is 1. The molecule has 3 aromatic heterocycles. The minimum absolute atomic E-state index is 0.104. The summed E-state index contributed by atoms with van der Waals surface area (Å²) in [7, 11) is 0. The first-order valence-corrected chi connectivity index (χ1v) is 13.2. The number of piperidine rings is 1. The summed E-state index contributed by atoms with van der Waals surface area (Å²) >= 11 is 0. The smallest absolute Gasteiger partial charge is 0.306 e. The number of imidazole rings is 1. The first-order valence-electron chi connectivity index (χ1n) is 13.2. The molecule has 1 saturated heterocycles. The van der Waals surface area contributed by atoms with Gasteiger partial charge in [-0.1, -0.05) is 24.3 Å². The Morgan fingerprint density at radius 2 is 1.92 bits per heavy atom. The predicted octanol–water partition coefficient (Wildman–Crippen LogP) is 5.33. The summed E-state index contributed by atoms with van der Waals surface area (Å²) < 4.78 is 0. The van der Waals surface area contributed by atoms with Crippen molar-refractivity contribution in [3.63, 3.8) is 0 Å². The number of rotatable bonds is 6. The SMILES string of the molecule is CC(Nc1c(-c2nc3ccc(N4CCC(C(=O)O)CC4C)cc3[nH]2)c(=O)[nH]c2ccccc12)c1ccccn1. The molecular weight excluding hydrogens is 492 g/mol. The van der Waals surface area contributed by atoms with Gasteiger partial charge in [0.25, 0.3) is 5.56 Å². The second-order valence-electron chi connectivity index (χ2n) is 10.3. The number of fused-ring (bicyclic) bond motifs is 2. The van der Waals surface area contributed by atoms with Gasteiger partial charge < -0.3 is 25.3 Å². The van der Waals surface area contributed by atoms with Crippen molar-refractivity contribution < 1.29 is 9.90 Å². The molecule has 4 heterocycles. The first kappa shape index (κ1) is 24.7. The Balaban J connectivity index is 1.41. The fraction of sp³-hybridized carbons (Fsp3) is 0.267. The topological polar surface area (TPSA) is 127 Å². The quantitative estimate of drug-likeness (QED) is 0.237. The molecule has 0 spiro atoms. The van der Waals surface area contributed by atoms with E-state index in [4.69, 9.17) is 4.98 Å². The number of aromatic amines is 2. The molecule has 39 heavy (non-hydrogen) atoms. The van der Waals surface area contributed by atoms with Crippen molar-refractivity contribution in [2.24, 2.45) is 5.92 Å². The van der Waals surface area contributed by atoms with E-state index < -0.39 is 5.97 Å². The van der Waals surface area contributed by atoms with Crippen LogP contribution in [0.3, 0.4) is 0 Å². The van der Waals surface area contributed by atoms with Crippen molar-refractivity contribution in [1.82, 2.24) is 19.9 Å². The molecule has 2 aromatic carbocycles. The maximum atomic E-state index is 13.5. The number of carboxylic acid groups (broad SMARTS) is 1. The summed E-state index contributed by atoms with van der Waals surface area (Å²) in [5.74, 6) is -0.558. The molecule has 5 aromatic rings. The van der Waals surface area contributed by atoms with Gasteiger partial charge in [-0.3, -0.25) is 14.6 Å². The van der Waals surface area contributed by atoms with Crippen molar-refractivity contribution in [1.29, 1.82) is 0 Å². The minimum Gasteiger partial charge on any atom is -0.481 e. The summed E-state index contributed by atoms with van der Waals surface area (Å²) in [6.07, 6.45) is 2.98. The summed E-state index contributed by atoms with van der Waals surface area (Å²) in [6, 6.07) is 19.4. The highest BCUT2D eigenvalue weighted by atomic mass is 16.4. The molecule has 0 amide bonds. The molecular formula is C30H30N6O3. The van der Waals surface area contributed by atoms with Crippen LogP contribution in [0.4, 0.5) is 11.4 Å². The number of aromatic nitrogens is 4. The largest absolute Gasteiger partial charge is 0.481 e. The Hall–Kier alpha value is -4.66. The van der Waals surface area contributed by atoms with Gasteiger partial charge >= 0.3 is 5.97 Å². The number of hydrogen-bond donors (Lipinski definition) is 4. The number of nitrogens with one attached hydrogen (secondary N) is 3. The van der Waals surface area contributed by atoms with E-state index in [1.165, 1.54) is 0 Å². The molecule has 1 aliphatic rings. The van der Waals surface area contributed by atoms with E-state index in [1.807, 2.05) is 67.6 Å². The van der Waals surface area contributed by atoms with Crippen LogP contribution in [0.2, 0.25) is 0 Å². The molecule has 6 rings (SSSR count). The molecule has 4 N–H and O–H groups in total. The van der Waals surface area contributed by atoms with E-state index in [9.17, 15) is 14.7 Å². The third-order valence-corrected chi connectivity index (χ3v) is 7.67. The van der Waals surface area contributed by atoms with Crippen LogP contribution in [0, 0.1) is 5.92 Å². The third kappa shape index (κ3) is 4.60. The summed E-state index contributed by atoms with van der Waals surface area (Å²) in [5.41, 5.74) is 5.05. The van der Waals surface area contributed by atoms with Gasteiger partial charge in [0.1, 0.15) is 11.4 Å². The Morgan fingerprint density at radius 3 is 2.69 bits per heavy atom. The average Bonchev–Trinajstić information content (AvgIpc) is 3.36. The summed E-state index contributed by atoms with van der Waals surface area (Å²) in [5, 5.41) is 13.8. The van der Waals surface area contributed by atoms with E-state index in [-0.39, 0.29) is 23.6 Å². The van der Waals surface area contributed by atoms with Gasteiger partial charge in [0.2, 0.25) is 0 Å². The lowest BCUT2D eigenvalue weighted by Crippen LogP contribution is -2.42. The number of hydrogen-bond acceptors (Lipinski definition) is 6. The monoisotopic (exact) mass is 522 g/mol. The second kappa shape index (κ2) is 9.90. The number of aliphatic carboxylic acids is 1. The number of nitrogens with zero attached hydrogens (tertiary/aromatic N) is 3. The Labute approximate surface area is 224 Å². The van der Waals surface area contributed by atoms with Crippen molar-refractivity contribution in [2.45, 2.75) is 38.8 Å². The number of carbonyl (C=O) groups is 1. The molecule has 1 fully saturated rings. The molecule has 1 aliphatic heterocycles. The Bertz CT molecular complexity index is 1730. The van der Waals surface area contributed by atoms with E-state index in [0.717, 1.165) is 33.3 Å². The molecule has 3 unspecified atom stereocenters. The maximum Gasteiger partial charge on any atom is 0.306 e. The number of anilines is 2. The predicted molar refractivity (Wildman–Crippen MR) is 153 cm³/mol. The fourth-order valence-corrected chi connectivity index (χ4v) is 5.62. The highest BCUT2D eigenvalue weighted by Gasteiger charge is 2.30. The average molecular weight is 523 g/mol. The molecule has 9 heteroatoms. The number of benzene rings is 2. The van der Waals surface area contributed by atoms with Crippen LogP contribution < -0.4 is 15.8 Å². The van der Waals surface area contributed by atoms with Crippen LogP contribution in [0.25, 0.3) is 33.3 Å². The first-order chi connectivity index (χ1) is 18.9. The van der Waals surface area contributed by atoms with Gasteiger partial charge in [-0.25, -0.2) is 4.98 Å². The van der Waals surface area contributed by atoms with Gasteiger partial charge in [-0.05, 0) is 63.1 Å². The summed E-state index contributed by atoms with van der Waals surface area (Å²) in [6.45, 7) is 4.75. The molecule has 198 valence electrons. The zero-order valence-corrected chi connectivity index (χ0v) is 21.8. The van der Waals surface area contributed by atoms with Gasteiger partial charge in [-0.15, -0.1) is 0 Å². The van der Waals surface area contributed by atoms with Crippen LogP contribution in [0.15, 0.2) is 71.7 Å². The second-order valence-corrected chi connectivity index (χ2v) is 10.3. The molecule has 0 bridgehead atoms. The lowest BCUT2D eigenvalue weighted by atomic mass is 9.91. The lowest BCUT2D eigenvalue weighted by molar-refractivity contribution is -0.142. The van der Waals surface area contributed by atoms with Crippen LogP contribution in [-0.2, 0) is 4.79 Å². The Kier molecular flexibility index (Phi) is 6.26. The maximum absolute atomic E-state index is 13.5. The van der Waals surface area contributed by atoms with Crippen molar-refractivity contribution in [3.8, 4) is 11.4 Å². The molecule has 0 radical (unpaired) electrons. The zero-order valence-electron chi connectivity index (χ0n) is 21.8. The lowest BCUT2D eigenvalue weighted by Gasteiger charge is -2.38. The highest BCUT2D eigenvalue weighted by molar-refractivity contribution is 5.99. The number of pyridine rings is 2. The molecule has 9 nitrogen and oxygen atoms in total. The normalized spacial score (nSPS) is 18.4. The van der Waals surface area contributed by atoms with Gasteiger partial charge in [0.15, 0.2) is 0 Å². The van der Waals surface area contributed by atoms with Crippen molar-refractivity contribution in [3.05, 3.63) is 82.9 Å². The summed E-state index contributed by atoms with van der Waals surface area (Å²) in [4.78, 5) is 42.9. The Morgan fingerprint density at radius 1 is 1.10 bits per heavy atom.